The lowest BCUT2D eigenvalue weighted by atomic mass is 10.5. The second kappa shape index (κ2) is 4.43. The van der Waals surface area contributed by atoms with Crippen LogP contribution in [-0.2, 0) is 13.6 Å². The molecule has 0 aromatic heterocycles. The molecule has 4 nitrogen and oxygen atoms in total. The summed E-state index contributed by atoms with van der Waals surface area (Å²) in [6.07, 6.45) is -0.928. The van der Waals surface area contributed by atoms with Crippen LogP contribution in [0.25, 0.3) is 0 Å². The third kappa shape index (κ3) is 2.73. The van der Waals surface area contributed by atoms with Gasteiger partial charge in [-0.2, -0.15) is 0 Å². The number of hydrogen-bond donors (Lipinski definition) is 1. The molecule has 11 heavy (non-hydrogen) atoms. The van der Waals surface area contributed by atoms with E-state index in [2.05, 4.69) is 9.05 Å². The minimum atomic E-state index is -3.31. The van der Waals surface area contributed by atoms with Crippen molar-refractivity contribution in [3.63, 3.8) is 0 Å². The van der Waals surface area contributed by atoms with Crippen LogP contribution >= 0.6 is 19.2 Å². The van der Waals surface area contributed by atoms with Gasteiger partial charge in [-0.05, 0) is 6.92 Å². The molecule has 0 aromatic carbocycles. The van der Waals surface area contributed by atoms with Gasteiger partial charge in [0.25, 0.3) is 0 Å². The van der Waals surface area contributed by atoms with Crippen molar-refractivity contribution in [2.45, 2.75) is 18.1 Å². The number of aliphatic hydroxyl groups is 1. The highest BCUT2D eigenvalue weighted by Crippen LogP contribution is 2.54. The molecule has 1 N–H and O–H groups in total. The molecule has 0 aliphatic rings. The van der Waals surface area contributed by atoms with Crippen molar-refractivity contribution < 1.29 is 18.7 Å². The van der Waals surface area contributed by atoms with Gasteiger partial charge in [-0.15, -0.1) is 11.6 Å². The Morgan fingerprint density at radius 3 is 1.91 bits per heavy atom. The lowest BCUT2D eigenvalue weighted by molar-refractivity contribution is 0.186. The molecule has 0 aromatic rings. The van der Waals surface area contributed by atoms with Crippen molar-refractivity contribution in [2.24, 2.45) is 0 Å². The predicted molar refractivity (Wildman–Crippen MR) is 42.9 cm³/mol. The second-order valence-corrected chi connectivity index (χ2v) is 5.16. The molecule has 0 heterocycles. The van der Waals surface area contributed by atoms with E-state index in [4.69, 9.17) is 16.7 Å². The van der Waals surface area contributed by atoms with Crippen molar-refractivity contribution in [2.75, 3.05) is 14.2 Å². The Bertz CT molecular complexity index is 153. The summed E-state index contributed by atoms with van der Waals surface area (Å²) in [6, 6.07) is 0. The number of hydrogen-bond acceptors (Lipinski definition) is 4. The third-order valence-corrected chi connectivity index (χ3v) is 4.34. The zero-order valence-corrected chi connectivity index (χ0v) is 8.30. The van der Waals surface area contributed by atoms with Crippen LogP contribution in [0.2, 0.25) is 0 Å². The van der Waals surface area contributed by atoms with E-state index in [9.17, 15) is 4.57 Å². The standard InChI is InChI=1S/C5H12ClO4P/c1-4(7)5(6)11(8,9-2)10-3/h4-5,7H,1-3H3/t4-,5+/m0/s1. The van der Waals surface area contributed by atoms with Crippen molar-refractivity contribution >= 4 is 19.2 Å². The number of rotatable bonds is 4. The van der Waals surface area contributed by atoms with Crippen LogP contribution < -0.4 is 0 Å². The number of halogens is 1. The van der Waals surface area contributed by atoms with E-state index in [1.807, 2.05) is 0 Å². The Morgan fingerprint density at radius 2 is 1.82 bits per heavy atom. The first-order valence-electron chi connectivity index (χ1n) is 3.01. The largest absolute Gasteiger partial charge is 0.391 e. The van der Waals surface area contributed by atoms with Gasteiger partial charge in [0.15, 0.2) is 5.12 Å². The molecule has 0 rings (SSSR count). The van der Waals surface area contributed by atoms with Crippen LogP contribution in [0.4, 0.5) is 0 Å². The van der Waals surface area contributed by atoms with Crippen LogP contribution in [0.5, 0.6) is 0 Å². The van der Waals surface area contributed by atoms with E-state index in [0.29, 0.717) is 0 Å². The summed E-state index contributed by atoms with van der Waals surface area (Å²) in [4.78, 5) is 0. The molecule has 6 heteroatoms. The maximum Gasteiger partial charge on any atom is 0.350 e. The number of alkyl halides is 1. The van der Waals surface area contributed by atoms with E-state index in [0.717, 1.165) is 0 Å². The molecule has 0 radical (unpaired) electrons. The summed E-state index contributed by atoms with van der Waals surface area (Å²) in [7, 11) is -0.864. The quantitative estimate of drug-likeness (QED) is 0.553. The van der Waals surface area contributed by atoms with E-state index in [1.54, 1.807) is 0 Å². The van der Waals surface area contributed by atoms with Crippen LogP contribution in [0.3, 0.4) is 0 Å². The molecule has 0 aliphatic carbocycles. The Balaban J connectivity index is 4.38. The lowest BCUT2D eigenvalue weighted by Crippen LogP contribution is -2.18. The fraction of sp³-hybridized carbons (Fsp3) is 1.00. The molecule has 0 spiro atoms. The molecule has 0 saturated carbocycles. The first-order valence-corrected chi connectivity index (χ1v) is 5.06. The molecule has 2 atom stereocenters. The van der Waals surface area contributed by atoms with Crippen molar-refractivity contribution in [3.8, 4) is 0 Å². The molecule has 68 valence electrons. The smallest absolute Gasteiger partial charge is 0.350 e. The van der Waals surface area contributed by atoms with Crippen LogP contribution in [0, 0.1) is 0 Å². The SMILES string of the molecule is COP(=O)(OC)[C@@H](Cl)[C@H](C)O. The van der Waals surface area contributed by atoms with Crippen molar-refractivity contribution in [1.29, 1.82) is 0 Å². The summed E-state index contributed by atoms with van der Waals surface area (Å²) in [5.41, 5.74) is 0. The zero-order valence-electron chi connectivity index (χ0n) is 6.65. The topological polar surface area (TPSA) is 55.8 Å². The fourth-order valence-electron chi connectivity index (χ4n) is 0.540. The molecular formula is C5H12ClO4P. The van der Waals surface area contributed by atoms with E-state index >= 15 is 0 Å². The molecular weight excluding hydrogens is 190 g/mol. The summed E-state index contributed by atoms with van der Waals surface area (Å²) >= 11 is 5.56. The molecule has 0 unspecified atom stereocenters. The highest BCUT2D eigenvalue weighted by molar-refractivity contribution is 7.56. The van der Waals surface area contributed by atoms with Crippen LogP contribution in [-0.4, -0.2) is 30.5 Å². The molecule has 0 aliphatic heterocycles. The van der Waals surface area contributed by atoms with Crippen molar-refractivity contribution in [3.05, 3.63) is 0 Å². The van der Waals surface area contributed by atoms with Crippen LogP contribution in [0.15, 0.2) is 0 Å². The van der Waals surface area contributed by atoms with Gasteiger partial charge >= 0.3 is 7.60 Å². The van der Waals surface area contributed by atoms with Gasteiger partial charge in [-0.3, -0.25) is 4.57 Å². The first kappa shape index (κ1) is 11.4. The summed E-state index contributed by atoms with van der Waals surface area (Å²) in [5.74, 6) is 0. The zero-order chi connectivity index (χ0) is 9.07. The first-order chi connectivity index (χ1) is 4.98. The van der Waals surface area contributed by atoms with Gasteiger partial charge in [0, 0.05) is 14.2 Å². The Hall–Kier alpha value is 0.400. The third-order valence-electron chi connectivity index (χ3n) is 1.21. The monoisotopic (exact) mass is 202 g/mol. The van der Waals surface area contributed by atoms with Gasteiger partial charge in [0.2, 0.25) is 0 Å². The fourth-order valence-corrected chi connectivity index (χ4v) is 2.10. The average molecular weight is 203 g/mol. The molecule has 0 saturated heterocycles. The lowest BCUT2D eigenvalue weighted by Gasteiger charge is -2.20. The van der Waals surface area contributed by atoms with Gasteiger partial charge in [0.1, 0.15) is 0 Å². The Kier molecular flexibility index (Phi) is 4.59. The molecule has 0 fully saturated rings. The summed E-state index contributed by atoms with van der Waals surface area (Å²) in [5, 5.41) is 7.94. The van der Waals surface area contributed by atoms with Crippen LogP contribution in [0.1, 0.15) is 6.92 Å². The van der Waals surface area contributed by atoms with Crippen molar-refractivity contribution in [1.82, 2.24) is 0 Å². The van der Waals surface area contributed by atoms with E-state index < -0.39 is 18.8 Å². The van der Waals surface area contributed by atoms with Gasteiger partial charge in [-0.1, -0.05) is 0 Å². The maximum atomic E-state index is 11.4. The number of aliphatic hydroxyl groups excluding tert-OH is 1. The van der Waals surface area contributed by atoms with Gasteiger partial charge in [-0.25, -0.2) is 0 Å². The normalized spacial score (nSPS) is 17.9. The van der Waals surface area contributed by atoms with E-state index in [-0.39, 0.29) is 0 Å². The minimum absolute atomic E-state index is 0.928. The molecule has 0 amide bonds. The second-order valence-electron chi connectivity index (χ2n) is 2.02. The summed E-state index contributed by atoms with van der Waals surface area (Å²) in [6.45, 7) is 1.42. The Morgan fingerprint density at radius 1 is 1.45 bits per heavy atom. The summed E-state index contributed by atoms with van der Waals surface area (Å²) < 4.78 is 20.5. The molecule has 0 bridgehead atoms. The average Bonchev–Trinajstić information content (AvgIpc) is 2.01. The maximum absolute atomic E-state index is 11.4. The highest BCUT2D eigenvalue weighted by Gasteiger charge is 2.35. The Labute approximate surface area is 71.0 Å². The van der Waals surface area contributed by atoms with Gasteiger partial charge in [0.05, 0.1) is 6.10 Å². The minimum Gasteiger partial charge on any atom is -0.391 e. The van der Waals surface area contributed by atoms with E-state index in [1.165, 1.54) is 21.1 Å². The predicted octanol–water partition coefficient (Wildman–Crippen LogP) is 1.42. The van der Waals surface area contributed by atoms with Gasteiger partial charge < -0.3 is 14.2 Å². The highest BCUT2D eigenvalue weighted by atomic mass is 35.5.